The second-order valence-corrected chi connectivity index (χ2v) is 8.87. The molecule has 3 aromatic rings. The van der Waals surface area contributed by atoms with Crippen LogP contribution in [0, 0.1) is 0 Å². The van der Waals surface area contributed by atoms with E-state index in [1.54, 1.807) is 36.4 Å². The van der Waals surface area contributed by atoms with Crippen LogP contribution in [0.2, 0.25) is 0 Å². The number of carbonyl (C=O) groups excluding carboxylic acids is 2. The lowest BCUT2D eigenvalue weighted by molar-refractivity contribution is 0.0472. The topological polar surface area (TPSA) is 116 Å². The zero-order valence-corrected chi connectivity index (χ0v) is 17.9. The number of benzene rings is 3. The molecule has 154 valence electrons. The summed E-state index contributed by atoms with van der Waals surface area (Å²) in [5, 5.41) is 0. The van der Waals surface area contributed by atoms with Gasteiger partial charge >= 0.3 is 5.97 Å². The molecule has 0 fully saturated rings. The van der Waals surface area contributed by atoms with Gasteiger partial charge in [0.05, 0.1) is 10.5 Å². The predicted octanol–water partition coefficient (Wildman–Crippen LogP) is 3.71. The SMILES string of the molecule is NC(=O)c1ccc(COC(=O)c2ccc(NS(=O)(=O)c3ccc(Br)cc3)cc2)cc1. The van der Waals surface area contributed by atoms with Gasteiger partial charge in [-0.25, -0.2) is 13.2 Å². The summed E-state index contributed by atoms with van der Waals surface area (Å²) in [6.45, 7) is 0.0236. The third kappa shape index (κ3) is 5.46. The molecule has 0 unspecified atom stereocenters. The predicted molar refractivity (Wildman–Crippen MR) is 115 cm³/mol. The molecule has 1 amide bonds. The molecule has 0 radical (unpaired) electrons. The maximum Gasteiger partial charge on any atom is 0.338 e. The summed E-state index contributed by atoms with van der Waals surface area (Å²) < 4.78 is 33.3. The lowest BCUT2D eigenvalue weighted by atomic mass is 10.1. The summed E-state index contributed by atoms with van der Waals surface area (Å²) in [4.78, 5) is 23.4. The molecule has 0 aliphatic heterocycles. The molecule has 0 saturated heterocycles. The molecule has 0 spiro atoms. The average molecular weight is 489 g/mol. The van der Waals surface area contributed by atoms with Crippen molar-refractivity contribution in [3.8, 4) is 0 Å². The highest BCUT2D eigenvalue weighted by Gasteiger charge is 2.15. The van der Waals surface area contributed by atoms with Crippen LogP contribution >= 0.6 is 15.9 Å². The first-order valence-electron chi connectivity index (χ1n) is 8.69. The van der Waals surface area contributed by atoms with Gasteiger partial charge in [-0.1, -0.05) is 28.1 Å². The van der Waals surface area contributed by atoms with Crippen molar-refractivity contribution in [2.45, 2.75) is 11.5 Å². The number of hydrogen-bond donors (Lipinski definition) is 2. The van der Waals surface area contributed by atoms with Crippen LogP contribution in [-0.2, 0) is 21.4 Å². The van der Waals surface area contributed by atoms with Crippen LogP contribution in [0.3, 0.4) is 0 Å². The van der Waals surface area contributed by atoms with Crippen molar-refractivity contribution in [1.29, 1.82) is 0 Å². The number of ether oxygens (including phenoxy) is 1. The summed E-state index contributed by atoms with van der Waals surface area (Å²) in [5.74, 6) is -1.09. The molecule has 3 N–H and O–H groups in total. The maximum absolute atomic E-state index is 12.4. The van der Waals surface area contributed by atoms with Gasteiger partial charge in [-0.2, -0.15) is 0 Å². The third-order valence-electron chi connectivity index (χ3n) is 4.11. The van der Waals surface area contributed by atoms with Crippen molar-refractivity contribution < 1.29 is 22.7 Å². The largest absolute Gasteiger partial charge is 0.457 e. The standard InChI is InChI=1S/C21H17BrN2O5S/c22-17-7-11-19(12-8-17)30(27,28)24-18-9-5-16(6-10-18)21(26)29-13-14-1-3-15(4-2-14)20(23)25/h1-12,24H,13H2,(H2,23,25). The Morgan fingerprint density at radius 1 is 0.867 bits per heavy atom. The average Bonchev–Trinajstić information content (AvgIpc) is 2.73. The Kier molecular flexibility index (Phi) is 6.53. The first-order chi connectivity index (χ1) is 14.2. The molecular weight excluding hydrogens is 472 g/mol. The number of anilines is 1. The monoisotopic (exact) mass is 488 g/mol. The minimum Gasteiger partial charge on any atom is -0.457 e. The molecule has 7 nitrogen and oxygen atoms in total. The number of rotatable bonds is 7. The van der Waals surface area contributed by atoms with Crippen molar-refractivity contribution in [1.82, 2.24) is 0 Å². The quantitative estimate of drug-likeness (QED) is 0.491. The molecule has 3 rings (SSSR count). The van der Waals surface area contributed by atoms with E-state index < -0.39 is 21.9 Å². The second-order valence-electron chi connectivity index (χ2n) is 6.27. The van der Waals surface area contributed by atoms with Gasteiger partial charge in [-0.3, -0.25) is 9.52 Å². The fourth-order valence-electron chi connectivity index (χ4n) is 2.50. The van der Waals surface area contributed by atoms with E-state index in [9.17, 15) is 18.0 Å². The van der Waals surface area contributed by atoms with Gasteiger partial charge in [0.2, 0.25) is 5.91 Å². The van der Waals surface area contributed by atoms with Gasteiger partial charge in [0.15, 0.2) is 0 Å². The molecule has 30 heavy (non-hydrogen) atoms. The molecule has 0 heterocycles. The fraction of sp³-hybridized carbons (Fsp3) is 0.0476. The number of hydrogen-bond acceptors (Lipinski definition) is 5. The van der Waals surface area contributed by atoms with Gasteiger partial charge in [0.1, 0.15) is 6.61 Å². The van der Waals surface area contributed by atoms with Crippen molar-refractivity contribution in [3.63, 3.8) is 0 Å². The highest BCUT2D eigenvalue weighted by atomic mass is 79.9. The van der Waals surface area contributed by atoms with E-state index in [1.807, 2.05) is 0 Å². The van der Waals surface area contributed by atoms with Crippen molar-refractivity contribution >= 4 is 43.5 Å². The van der Waals surface area contributed by atoms with Crippen LogP contribution in [0.4, 0.5) is 5.69 Å². The minimum absolute atomic E-state index is 0.0236. The Hall–Kier alpha value is -3.17. The van der Waals surface area contributed by atoms with Gasteiger partial charge in [-0.05, 0) is 66.2 Å². The van der Waals surface area contributed by atoms with Crippen LogP contribution in [0.15, 0.2) is 82.2 Å². The van der Waals surface area contributed by atoms with Crippen LogP contribution in [0.5, 0.6) is 0 Å². The number of esters is 1. The lowest BCUT2D eigenvalue weighted by Crippen LogP contribution is -2.13. The van der Waals surface area contributed by atoms with E-state index in [4.69, 9.17) is 10.5 Å². The third-order valence-corrected chi connectivity index (χ3v) is 6.03. The van der Waals surface area contributed by atoms with E-state index in [1.165, 1.54) is 36.4 Å². The van der Waals surface area contributed by atoms with E-state index in [-0.39, 0.29) is 17.1 Å². The van der Waals surface area contributed by atoms with Gasteiger partial charge < -0.3 is 10.5 Å². The molecule has 0 atom stereocenters. The van der Waals surface area contributed by atoms with Crippen molar-refractivity contribution in [2.75, 3.05) is 4.72 Å². The van der Waals surface area contributed by atoms with E-state index in [0.29, 0.717) is 16.8 Å². The summed E-state index contributed by atoms with van der Waals surface area (Å²) in [5.41, 5.74) is 6.84. The van der Waals surface area contributed by atoms with Gasteiger partial charge in [-0.15, -0.1) is 0 Å². The van der Waals surface area contributed by atoms with Crippen LogP contribution < -0.4 is 10.5 Å². The number of sulfonamides is 1. The smallest absolute Gasteiger partial charge is 0.338 e. The van der Waals surface area contributed by atoms with E-state index >= 15 is 0 Å². The van der Waals surface area contributed by atoms with E-state index in [0.717, 1.165) is 4.47 Å². The highest BCUT2D eigenvalue weighted by Crippen LogP contribution is 2.19. The van der Waals surface area contributed by atoms with Crippen molar-refractivity contribution in [3.05, 3.63) is 94.0 Å². The summed E-state index contributed by atoms with van der Waals surface area (Å²) in [6.07, 6.45) is 0. The van der Waals surface area contributed by atoms with Crippen LogP contribution in [0.1, 0.15) is 26.3 Å². The van der Waals surface area contributed by atoms with Crippen molar-refractivity contribution in [2.24, 2.45) is 5.73 Å². The lowest BCUT2D eigenvalue weighted by Gasteiger charge is -2.09. The van der Waals surface area contributed by atoms with Gasteiger partial charge in [0, 0.05) is 15.7 Å². The van der Waals surface area contributed by atoms with Crippen LogP contribution in [-0.4, -0.2) is 20.3 Å². The number of primary amides is 1. The molecule has 0 saturated carbocycles. The number of nitrogens with one attached hydrogen (secondary N) is 1. The summed E-state index contributed by atoms with van der Waals surface area (Å²) in [7, 11) is -3.74. The first-order valence-corrected chi connectivity index (χ1v) is 11.0. The fourth-order valence-corrected chi connectivity index (χ4v) is 3.82. The maximum atomic E-state index is 12.4. The Balaban J connectivity index is 1.61. The molecule has 0 bridgehead atoms. The Morgan fingerprint density at radius 2 is 1.43 bits per heavy atom. The highest BCUT2D eigenvalue weighted by molar-refractivity contribution is 9.10. The second kappa shape index (κ2) is 9.10. The molecule has 0 aliphatic carbocycles. The molecule has 0 aliphatic rings. The van der Waals surface area contributed by atoms with E-state index in [2.05, 4.69) is 20.7 Å². The molecule has 3 aromatic carbocycles. The minimum atomic E-state index is -3.74. The zero-order valence-electron chi connectivity index (χ0n) is 15.5. The summed E-state index contributed by atoms with van der Waals surface area (Å²) in [6, 6.07) is 18.5. The Labute approximate surface area is 182 Å². The number of nitrogens with two attached hydrogens (primary N) is 1. The molecule has 9 heteroatoms. The van der Waals surface area contributed by atoms with Crippen LogP contribution in [0.25, 0.3) is 0 Å². The Morgan fingerprint density at radius 3 is 2.00 bits per heavy atom. The normalized spacial score (nSPS) is 11.0. The number of halogens is 1. The number of carbonyl (C=O) groups is 2. The zero-order chi connectivity index (χ0) is 21.7. The summed E-state index contributed by atoms with van der Waals surface area (Å²) >= 11 is 3.26. The molecule has 0 aromatic heterocycles. The first kappa shape index (κ1) is 21.5. The Bertz CT molecular complexity index is 1160. The van der Waals surface area contributed by atoms with Gasteiger partial charge in [0.25, 0.3) is 10.0 Å². The molecular formula is C21H17BrN2O5S. The number of amides is 1.